The molecule has 0 amide bonds. The van der Waals surface area contributed by atoms with Crippen molar-refractivity contribution in [1.82, 2.24) is 15.0 Å². The van der Waals surface area contributed by atoms with E-state index in [1.165, 1.54) is 11.1 Å². The van der Waals surface area contributed by atoms with Crippen molar-refractivity contribution in [2.24, 2.45) is 0 Å². The van der Waals surface area contributed by atoms with E-state index in [0.29, 0.717) is 17.5 Å². The van der Waals surface area contributed by atoms with Crippen LogP contribution in [0.15, 0.2) is 121 Å². The van der Waals surface area contributed by atoms with E-state index in [0.717, 1.165) is 44.4 Å². The molecule has 0 aliphatic carbocycles. The lowest BCUT2D eigenvalue weighted by Gasteiger charge is -2.32. The number of benzene rings is 5. The van der Waals surface area contributed by atoms with Gasteiger partial charge in [0.25, 0.3) is 0 Å². The molecule has 1 saturated heterocycles. The van der Waals surface area contributed by atoms with Crippen LogP contribution in [0.1, 0.15) is 80.4 Å². The van der Waals surface area contributed by atoms with Crippen molar-refractivity contribution >= 4 is 12.6 Å². The summed E-state index contributed by atoms with van der Waals surface area (Å²) in [4.78, 5) is 15.5. The van der Waals surface area contributed by atoms with E-state index in [1.807, 2.05) is 42.5 Å². The quantitative estimate of drug-likeness (QED) is 0.162. The maximum atomic E-state index is 6.66. The Kier molecular flexibility index (Phi) is 9.29. The molecule has 7 rings (SSSR count). The van der Waals surface area contributed by atoms with Gasteiger partial charge >= 0.3 is 7.12 Å². The summed E-state index contributed by atoms with van der Waals surface area (Å²) in [6.07, 6.45) is 0. The third kappa shape index (κ3) is 7.49. The van der Waals surface area contributed by atoms with Gasteiger partial charge < -0.3 is 9.31 Å². The number of aromatic nitrogens is 3. The molecule has 0 radical (unpaired) electrons. The molecule has 0 N–H and O–H groups in total. The Bertz CT molecular complexity index is 2220. The molecule has 5 nitrogen and oxygen atoms in total. The molecule has 1 aliphatic heterocycles. The highest BCUT2D eigenvalue weighted by molar-refractivity contribution is 6.62. The zero-order chi connectivity index (χ0) is 37.8. The zero-order valence-electron chi connectivity index (χ0n) is 32.8. The van der Waals surface area contributed by atoms with Crippen LogP contribution in [0.2, 0.25) is 0 Å². The van der Waals surface area contributed by atoms with Gasteiger partial charge in [-0.25, -0.2) is 15.0 Å². The van der Waals surface area contributed by atoms with Crippen LogP contribution in [0.5, 0.6) is 0 Å². The molecule has 0 bridgehead atoms. The highest BCUT2D eigenvalue weighted by atomic mass is 16.7. The number of hydrogen-bond acceptors (Lipinski definition) is 5. The summed E-state index contributed by atoms with van der Waals surface area (Å²) in [7, 11) is -0.569. The van der Waals surface area contributed by atoms with Crippen molar-refractivity contribution < 1.29 is 9.31 Å². The van der Waals surface area contributed by atoms with Crippen molar-refractivity contribution in [2.45, 2.75) is 91.3 Å². The summed E-state index contributed by atoms with van der Waals surface area (Å²) in [5, 5.41) is 0. The number of rotatable bonds is 6. The lowest BCUT2D eigenvalue weighted by atomic mass is 9.75. The topological polar surface area (TPSA) is 57.1 Å². The molecule has 0 saturated carbocycles. The second kappa shape index (κ2) is 13.5. The highest BCUT2D eigenvalue weighted by Gasteiger charge is 2.52. The van der Waals surface area contributed by atoms with Gasteiger partial charge in [0.2, 0.25) is 0 Å². The van der Waals surface area contributed by atoms with Gasteiger partial charge in [-0.3, -0.25) is 0 Å². The van der Waals surface area contributed by atoms with Gasteiger partial charge in [0.15, 0.2) is 17.5 Å². The van der Waals surface area contributed by atoms with Crippen LogP contribution in [0.3, 0.4) is 0 Å². The van der Waals surface area contributed by atoms with Gasteiger partial charge in [-0.1, -0.05) is 157 Å². The molecule has 1 aromatic heterocycles. The van der Waals surface area contributed by atoms with E-state index in [2.05, 4.69) is 148 Å². The van der Waals surface area contributed by atoms with Gasteiger partial charge in [0, 0.05) is 16.7 Å². The van der Waals surface area contributed by atoms with Gasteiger partial charge in [0.05, 0.1) is 11.2 Å². The predicted octanol–water partition coefficient (Wildman–Crippen LogP) is 11.1. The van der Waals surface area contributed by atoms with E-state index in [1.54, 1.807) is 0 Å². The van der Waals surface area contributed by atoms with Crippen molar-refractivity contribution in [3.8, 4) is 56.4 Å². The van der Waals surface area contributed by atoms with Gasteiger partial charge in [-0.15, -0.1) is 0 Å². The van der Waals surface area contributed by atoms with E-state index >= 15 is 0 Å². The standard InChI is InChI=1S/C47H50BN3O2/c1-44(2,3)36-26-34(27-37(30-36)45(4,5)6)33-25-35(29-38(28-33)48-52-46(7,8)47(9,10)53-48)42-49-41(32-21-15-12-16-22-32)50-43(51-42)40-24-18-17-23-39(40)31-19-13-11-14-20-31/h11-30H,1-10H3. The van der Waals surface area contributed by atoms with E-state index in [4.69, 9.17) is 24.3 Å². The average Bonchev–Trinajstić information content (AvgIpc) is 3.36. The molecule has 0 atom stereocenters. The minimum Gasteiger partial charge on any atom is -0.399 e. The molecule has 5 aromatic carbocycles. The molecule has 0 unspecified atom stereocenters. The van der Waals surface area contributed by atoms with Crippen LogP contribution >= 0.6 is 0 Å². The fourth-order valence-electron chi connectivity index (χ4n) is 6.61. The Morgan fingerprint density at radius 3 is 1.42 bits per heavy atom. The summed E-state index contributed by atoms with van der Waals surface area (Å²) < 4.78 is 13.3. The minimum atomic E-state index is -0.569. The minimum absolute atomic E-state index is 0.0397. The smallest absolute Gasteiger partial charge is 0.399 e. The largest absolute Gasteiger partial charge is 0.494 e. The summed E-state index contributed by atoms with van der Waals surface area (Å²) in [5.41, 5.74) is 9.49. The lowest BCUT2D eigenvalue weighted by Crippen LogP contribution is -2.41. The number of hydrogen-bond donors (Lipinski definition) is 0. The molecular formula is C47H50BN3O2. The second-order valence-corrected chi connectivity index (χ2v) is 17.3. The monoisotopic (exact) mass is 699 g/mol. The summed E-state index contributed by atoms with van der Waals surface area (Å²) >= 11 is 0. The van der Waals surface area contributed by atoms with Crippen LogP contribution in [-0.2, 0) is 20.1 Å². The summed E-state index contributed by atoms with van der Waals surface area (Å²) in [5.74, 6) is 1.81. The molecule has 1 fully saturated rings. The average molecular weight is 700 g/mol. The number of nitrogens with zero attached hydrogens (tertiary/aromatic N) is 3. The maximum absolute atomic E-state index is 6.66. The first-order valence-electron chi connectivity index (χ1n) is 18.6. The molecule has 6 heteroatoms. The first kappa shape index (κ1) is 36.5. The third-order valence-corrected chi connectivity index (χ3v) is 10.7. The summed E-state index contributed by atoms with van der Waals surface area (Å²) in [6.45, 7) is 22.0. The lowest BCUT2D eigenvalue weighted by molar-refractivity contribution is 0.00578. The Balaban J connectivity index is 1.48. The van der Waals surface area contributed by atoms with E-state index in [9.17, 15) is 0 Å². The van der Waals surface area contributed by atoms with Crippen LogP contribution < -0.4 is 5.46 Å². The van der Waals surface area contributed by atoms with E-state index < -0.39 is 18.3 Å². The molecule has 268 valence electrons. The Labute approximate surface area is 316 Å². The van der Waals surface area contributed by atoms with Crippen molar-refractivity contribution in [3.05, 3.63) is 132 Å². The molecule has 2 heterocycles. The summed E-state index contributed by atoms with van der Waals surface area (Å²) in [6, 6.07) is 42.4. The van der Waals surface area contributed by atoms with Gasteiger partial charge in [-0.2, -0.15) is 0 Å². The molecule has 1 aliphatic rings. The Morgan fingerprint density at radius 2 is 0.868 bits per heavy atom. The van der Waals surface area contributed by atoms with Gasteiger partial charge in [-0.05, 0) is 83.4 Å². The normalized spacial score (nSPS) is 15.5. The first-order chi connectivity index (χ1) is 25.0. The molecule has 6 aromatic rings. The second-order valence-electron chi connectivity index (χ2n) is 17.3. The van der Waals surface area contributed by atoms with Crippen molar-refractivity contribution in [3.63, 3.8) is 0 Å². The Hall–Kier alpha value is -4.91. The van der Waals surface area contributed by atoms with Crippen LogP contribution in [-0.4, -0.2) is 33.3 Å². The third-order valence-electron chi connectivity index (χ3n) is 10.7. The fourth-order valence-corrected chi connectivity index (χ4v) is 6.61. The molecule has 53 heavy (non-hydrogen) atoms. The van der Waals surface area contributed by atoms with Crippen LogP contribution in [0.4, 0.5) is 0 Å². The van der Waals surface area contributed by atoms with Crippen molar-refractivity contribution in [1.29, 1.82) is 0 Å². The zero-order valence-corrected chi connectivity index (χ0v) is 32.8. The maximum Gasteiger partial charge on any atom is 0.494 e. The first-order valence-corrected chi connectivity index (χ1v) is 18.6. The highest BCUT2D eigenvalue weighted by Crippen LogP contribution is 2.39. The molecule has 0 spiro atoms. The SMILES string of the molecule is CC(C)(C)c1cc(-c2cc(B3OC(C)(C)C(C)(C)O3)cc(-c3nc(-c4ccccc4)nc(-c4ccccc4-c4ccccc4)n3)c2)cc(C(C)(C)C)c1. The van der Waals surface area contributed by atoms with Crippen LogP contribution in [0, 0.1) is 0 Å². The van der Waals surface area contributed by atoms with E-state index in [-0.39, 0.29) is 10.8 Å². The molecular weight excluding hydrogens is 649 g/mol. The van der Waals surface area contributed by atoms with Gasteiger partial charge in [0.1, 0.15) is 0 Å². The van der Waals surface area contributed by atoms with Crippen molar-refractivity contribution in [2.75, 3.05) is 0 Å². The fraction of sp³-hybridized carbons (Fsp3) is 0.298. The van der Waals surface area contributed by atoms with Crippen LogP contribution in [0.25, 0.3) is 56.4 Å². The predicted molar refractivity (Wildman–Crippen MR) is 220 cm³/mol. The Morgan fingerprint density at radius 1 is 0.434 bits per heavy atom.